The van der Waals surface area contributed by atoms with Crippen LogP contribution in [0.3, 0.4) is 0 Å². The van der Waals surface area contributed by atoms with E-state index in [2.05, 4.69) is 38.1 Å². The highest BCUT2D eigenvalue weighted by molar-refractivity contribution is 7.19. The van der Waals surface area contributed by atoms with E-state index in [1.165, 1.54) is 46.2 Å². The van der Waals surface area contributed by atoms with Gasteiger partial charge >= 0.3 is 0 Å². The summed E-state index contributed by atoms with van der Waals surface area (Å²) < 4.78 is 7.54. The lowest BCUT2D eigenvalue weighted by atomic mass is 9.76. The zero-order chi connectivity index (χ0) is 14.9. The van der Waals surface area contributed by atoms with Crippen molar-refractivity contribution in [3.8, 4) is 0 Å². The molecule has 1 aliphatic carbocycles. The molecule has 2 nitrogen and oxygen atoms in total. The third-order valence-corrected chi connectivity index (χ3v) is 5.95. The second-order valence-electron chi connectivity index (χ2n) is 6.88. The van der Waals surface area contributed by atoms with Crippen LogP contribution < -0.4 is 5.73 Å². The molecule has 1 heterocycles. The first-order valence-electron chi connectivity index (χ1n) is 7.90. The van der Waals surface area contributed by atoms with Crippen molar-refractivity contribution < 1.29 is 4.74 Å². The highest BCUT2D eigenvalue weighted by atomic mass is 32.1. The van der Waals surface area contributed by atoms with Crippen molar-refractivity contribution in [2.45, 2.75) is 58.8 Å². The highest BCUT2D eigenvalue weighted by Gasteiger charge is 2.27. The first kappa shape index (κ1) is 15.0. The average molecular weight is 303 g/mol. The molecule has 1 saturated carbocycles. The van der Waals surface area contributed by atoms with Gasteiger partial charge in [-0.05, 0) is 42.6 Å². The summed E-state index contributed by atoms with van der Waals surface area (Å²) in [7, 11) is 0. The van der Waals surface area contributed by atoms with Crippen molar-refractivity contribution in [2.24, 2.45) is 11.1 Å². The summed E-state index contributed by atoms with van der Waals surface area (Å²) in [5.41, 5.74) is 7.72. The average Bonchev–Trinajstić information content (AvgIpc) is 2.84. The number of thiophene rings is 1. The van der Waals surface area contributed by atoms with Gasteiger partial charge in [0.15, 0.2) is 0 Å². The predicted octanol–water partition coefficient (Wildman–Crippen LogP) is 4.85. The third kappa shape index (κ3) is 3.31. The molecule has 1 aromatic carbocycles. The van der Waals surface area contributed by atoms with Gasteiger partial charge < -0.3 is 10.5 Å². The van der Waals surface area contributed by atoms with E-state index in [0.29, 0.717) is 24.7 Å². The van der Waals surface area contributed by atoms with Crippen LogP contribution in [-0.2, 0) is 17.9 Å². The van der Waals surface area contributed by atoms with E-state index in [1.807, 2.05) is 0 Å². The number of rotatable bonds is 4. The molecule has 0 amide bonds. The molecule has 0 bridgehead atoms. The summed E-state index contributed by atoms with van der Waals surface area (Å²) in [4.78, 5) is 1.27. The minimum absolute atomic E-state index is 0.419. The van der Waals surface area contributed by atoms with Crippen LogP contribution in [0.1, 0.15) is 50.0 Å². The van der Waals surface area contributed by atoms with Crippen LogP contribution in [0.2, 0.25) is 0 Å². The van der Waals surface area contributed by atoms with Gasteiger partial charge in [0.1, 0.15) is 0 Å². The molecule has 1 fully saturated rings. The molecule has 0 aliphatic heterocycles. The van der Waals surface area contributed by atoms with Gasteiger partial charge in [0.2, 0.25) is 0 Å². The zero-order valence-electron chi connectivity index (χ0n) is 13.0. The van der Waals surface area contributed by atoms with Crippen molar-refractivity contribution >= 4 is 21.4 Å². The molecule has 2 N–H and O–H groups in total. The van der Waals surface area contributed by atoms with Gasteiger partial charge in [-0.3, -0.25) is 0 Å². The maximum Gasteiger partial charge on any atom is 0.0738 e. The lowest BCUT2D eigenvalue weighted by Crippen LogP contribution is -2.26. The molecule has 3 heteroatoms. The molecule has 2 aromatic rings. The fraction of sp³-hybridized carbons (Fsp3) is 0.556. The molecular weight excluding hydrogens is 278 g/mol. The van der Waals surface area contributed by atoms with Crippen molar-refractivity contribution in [3.05, 3.63) is 34.7 Å². The normalized spacial score (nSPS) is 19.2. The van der Waals surface area contributed by atoms with Gasteiger partial charge in [-0.1, -0.05) is 32.0 Å². The van der Waals surface area contributed by atoms with Crippen molar-refractivity contribution in [1.82, 2.24) is 0 Å². The monoisotopic (exact) mass is 303 g/mol. The Morgan fingerprint density at radius 2 is 1.95 bits per heavy atom. The van der Waals surface area contributed by atoms with E-state index < -0.39 is 0 Å². The Kier molecular flexibility index (Phi) is 4.34. The Hall–Kier alpha value is -0.900. The summed E-state index contributed by atoms with van der Waals surface area (Å²) >= 11 is 1.81. The molecule has 114 valence electrons. The van der Waals surface area contributed by atoms with Gasteiger partial charge in [-0.15, -0.1) is 11.3 Å². The van der Waals surface area contributed by atoms with Gasteiger partial charge in [0.05, 0.1) is 12.7 Å². The smallest absolute Gasteiger partial charge is 0.0738 e. The first-order chi connectivity index (χ1) is 10.1. The van der Waals surface area contributed by atoms with Crippen LogP contribution in [0.15, 0.2) is 24.3 Å². The summed E-state index contributed by atoms with van der Waals surface area (Å²) in [6.45, 7) is 6.04. The van der Waals surface area contributed by atoms with E-state index in [0.717, 1.165) is 0 Å². The van der Waals surface area contributed by atoms with Gasteiger partial charge in [-0.2, -0.15) is 0 Å². The molecule has 1 aromatic heterocycles. The molecule has 0 radical (unpaired) electrons. The van der Waals surface area contributed by atoms with Gasteiger partial charge in [-0.25, -0.2) is 0 Å². The van der Waals surface area contributed by atoms with Crippen molar-refractivity contribution in [3.63, 3.8) is 0 Å². The number of nitrogens with two attached hydrogens (primary N) is 1. The van der Waals surface area contributed by atoms with Crippen LogP contribution >= 0.6 is 11.3 Å². The Morgan fingerprint density at radius 1 is 1.24 bits per heavy atom. The summed E-state index contributed by atoms with van der Waals surface area (Å²) in [6, 6.07) is 8.55. The minimum Gasteiger partial charge on any atom is -0.373 e. The van der Waals surface area contributed by atoms with Crippen molar-refractivity contribution in [2.75, 3.05) is 0 Å². The lowest BCUT2D eigenvalue weighted by molar-refractivity contribution is -0.00525. The SMILES string of the molecule is CC1(C)CCC(OCc2c(CN)sc3ccccc23)CC1. The maximum atomic E-state index is 6.22. The topological polar surface area (TPSA) is 35.2 Å². The number of ether oxygens (including phenoxy) is 1. The van der Waals surface area contributed by atoms with Gasteiger partial charge in [0, 0.05) is 21.7 Å². The van der Waals surface area contributed by atoms with E-state index in [4.69, 9.17) is 10.5 Å². The standard InChI is InChI=1S/C18H25NOS/c1-18(2)9-7-13(8-10-18)20-12-15-14-5-3-4-6-16(14)21-17(15)11-19/h3-6,13H,7-12,19H2,1-2H3. The quantitative estimate of drug-likeness (QED) is 0.876. The van der Waals surface area contributed by atoms with Crippen LogP contribution in [-0.4, -0.2) is 6.10 Å². The van der Waals surface area contributed by atoms with Gasteiger partial charge in [0.25, 0.3) is 0 Å². The molecule has 3 rings (SSSR count). The summed E-state index contributed by atoms with van der Waals surface area (Å²) in [5, 5.41) is 1.32. The van der Waals surface area contributed by atoms with E-state index in [-0.39, 0.29) is 0 Å². The number of benzene rings is 1. The molecule has 21 heavy (non-hydrogen) atoms. The molecule has 1 aliphatic rings. The predicted molar refractivity (Wildman–Crippen MR) is 90.5 cm³/mol. The van der Waals surface area contributed by atoms with Crippen molar-refractivity contribution in [1.29, 1.82) is 0 Å². The summed E-state index contributed by atoms with van der Waals surface area (Å²) in [6.07, 6.45) is 5.33. The third-order valence-electron chi connectivity index (χ3n) is 4.72. The van der Waals surface area contributed by atoms with Crippen LogP contribution in [0, 0.1) is 5.41 Å². The maximum absolute atomic E-state index is 6.22. The summed E-state index contributed by atoms with van der Waals surface area (Å²) in [5.74, 6) is 0. The van der Waals surface area contributed by atoms with E-state index >= 15 is 0 Å². The Morgan fingerprint density at radius 3 is 2.67 bits per heavy atom. The molecule has 0 unspecified atom stereocenters. The number of hydrogen-bond acceptors (Lipinski definition) is 3. The van der Waals surface area contributed by atoms with E-state index in [9.17, 15) is 0 Å². The number of hydrogen-bond donors (Lipinski definition) is 1. The Labute approximate surface area is 131 Å². The van der Waals surface area contributed by atoms with Crippen LogP contribution in [0.25, 0.3) is 10.1 Å². The second kappa shape index (κ2) is 6.07. The molecule has 0 spiro atoms. The first-order valence-corrected chi connectivity index (χ1v) is 8.72. The van der Waals surface area contributed by atoms with Crippen LogP contribution in [0.5, 0.6) is 0 Å². The second-order valence-corrected chi connectivity index (χ2v) is 8.02. The Balaban J connectivity index is 1.71. The van der Waals surface area contributed by atoms with E-state index in [1.54, 1.807) is 11.3 Å². The molecule has 0 saturated heterocycles. The lowest BCUT2D eigenvalue weighted by Gasteiger charge is -2.34. The molecular formula is C18H25NOS. The minimum atomic E-state index is 0.419. The largest absolute Gasteiger partial charge is 0.373 e. The molecule has 0 atom stereocenters. The fourth-order valence-corrected chi connectivity index (χ4v) is 4.30. The zero-order valence-corrected chi connectivity index (χ0v) is 13.8. The Bertz CT molecular complexity index is 607. The fourth-order valence-electron chi connectivity index (χ4n) is 3.21. The highest BCUT2D eigenvalue weighted by Crippen LogP contribution is 2.37. The van der Waals surface area contributed by atoms with Crippen LogP contribution in [0.4, 0.5) is 0 Å². The number of fused-ring (bicyclic) bond motifs is 1.